The number of amides is 1. The molecule has 0 aromatic heterocycles. The molecule has 0 unspecified atom stereocenters. The Labute approximate surface area is 106 Å². The van der Waals surface area contributed by atoms with Crippen molar-refractivity contribution in [1.29, 1.82) is 0 Å². The van der Waals surface area contributed by atoms with E-state index >= 15 is 0 Å². The highest BCUT2D eigenvalue weighted by Crippen LogP contribution is 2.39. The molecule has 1 amide bonds. The number of nitrogens with zero attached hydrogens (tertiary/aromatic N) is 1. The first kappa shape index (κ1) is 11.5. The number of rotatable bonds is 2. The fourth-order valence-electron chi connectivity index (χ4n) is 3.22. The van der Waals surface area contributed by atoms with Crippen LogP contribution < -0.4 is 4.74 Å². The van der Waals surface area contributed by atoms with Crippen LogP contribution in [0, 0.1) is 0 Å². The highest BCUT2D eigenvalue weighted by molar-refractivity contribution is 5.98. The zero-order chi connectivity index (χ0) is 12.7. The lowest BCUT2D eigenvalue weighted by atomic mass is 9.83. The van der Waals surface area contributed by atoms with Crippen LogP contribution in [0.1, 0.15) is 34.7 Å². The molecule has 0 spiro atoms. The lowest BCUT2D eigenvalue weighted by Crippen LogP contribution is -2.45. The zero-order valence-electron chi connectivity index (χ0n) is 10.4. The maximum atomic E-state index is 12.4. The summed E-state index contributed by atoms with van der Waals surface area (Å²) in [4.78, 5) is 14.3. The van der Waals surface area contributed by atoms with Crippen molar-refractivity contribution in [2.45, 2.75) is 24.8 Å². The molecule has 2 heterocycles. The SMILES string of the molecule is COc1ccc2c(c1)C(=O)N1CCC[C@H]1[C@@H]2CO. The number of aliphatic hydroxyl groups is 1. The van der Waals surface area contributed by atoms with Crippen LogP contribution in [0.4, 0.5) is 0 Å². The summed E-state index contributed by atoms with van der Waals surface area (Å²) in [7, 11) is 1.59. The molecule has 2 aliphatic heterocycles. The van der Waals surface area contributed by atoms with Gasteiger partial charge in [0.05, 0.1) is 13.7 Å². The van der Waals surface area contributed by atoms with E-state index < -0.39 is 0 Å². The van der Waals surface area contributed by atoms with Gasteiger partial charge in [0.2, 0.25) is 0 Å². The van der Waals surface area contributed by atoms with Gasteiger partial charge in [-0.1, -0.05) is 6.07 Å². The molecule has 3 rings (SSSR count). The van der Waals surface area contributed by atoms with E-state index in [-0.39, 0.29) is 24.5 Å². The van der Waals surface area contributed by atoms with E-state index in [2.05, 4.69) is 0 Å². The molecule has 0 saturated carbocycles. The fraction of sp³-hybridized carbons (Fsp3) is 0.500. The molecule has 1 aromatic rings. The Hall–Kier alpha value is -1.55. The van der Waals surface area contributed by atoms with Gasteiger partial charge >= 0.3 is 0 Å². The summed E-state index contributed by atoms with van der Waals surface area (Å²) in [6.07, 6.45) is 2.01. The molecular formula is C14H17NO3. The fourth-order valence-corrected chi connectivity index (χ4v) is 3.22. The van der Waals surface area contributed by atoms with Gasteiger partial charge in [-0.05, 0) is 30.5 Å². The molecule has 96 valence electrons. The van der Waals surface area contributed by atoms with E-state index in [1.165, 1.54) is 0 Å². The molecule has 0 aliphatic carbocycles. The van der Waals surface area contributed by atoms with Crippen LogP contribution in [-0.2, 0) is 0 Å². The van der Waals surface area contributed by atoms with Gasteiger partial charge in [0, 0.05) is 24.1 Å². The molecular weight excluding hydrogens is 230 g/mol. The highest BCUT2D eigenvalue weighted by atomic mass is 16.5. The second-order valence-electron chi connectivity index (χ2n) is 4.95. The van der Waals surface area contributed by atoms with Gasteiger partial charge in [-0.15, -0.1) is 0 Å². The van der Waals surface area contributed by atoms with Crippen molar-refractivity contribution in [3.8, 4) is 5.75 Å². The van der Waals surface area contributed by atoms with Crippen molar-refractivity contribution in [3.63, 3.8) is 0 Å². The van der Waals surface area contributed by atoms with Crippen molar-refractivity contribution in [2.24, 2.45) is 0 Å². The molecule has 18 heavy (non-hydrogen) atoms. The van der Waals surface area contributed by atoms with Gasteiger partial charge in [0.15, 0.2) is 0 Å². The Balaban J connectivity index is 2.11. The first-order chi connectivity index (χ1) is 8.76. The van der Waals surface area contributed by atoms with Crippen molar-refractivity contribution >= 4 is 5.91 Å². The average molecular weight is 247 g/mol. The predicted octanol–water partition coefficient (Wildman–Crippen LogP) is 1.39. The van der Waals surface area contributed by atoms with Crippen LogP contribution in [0.15, 0.2) is 18.2 Å². The second-order valence-corrected chi connectivity index (χ2v) is 4.95. The van der Waals surface area contributed by atoms with E-state index in [1.54, 1.807) is 13.2 Å². The predicted molar refractivity (Wildman–Crippen MR) is 66.9 cm³/mol. The molecule has 0 radical (unpaired) electrons. The smallest absolute Gasteiger partial charge is 0.254 e. The van der Waals surface area contributed by atoms with Crippen LogP contribution in [0.3, 0.4) is 0 Å². The third kappa shape index (κ3) is 1.52. The van der Waals surface area contributed by atoms with E-state index in [1.807, 2.05) is 17.0 Å². The maximum absolute atomic E-state index is 12.4. The quantitative estimate of drug-likeness (QED) is 0.859. The Kier molecular flexibility index (Phi) is 2.74. The topological polar surface area (TPSA) is 49.8 Å². The summed E-state index contributed by atoms with van der Waals surface area (Å²) in [6.45, 7) is 0.893. The molecule has 4 heteroatoms. The Morgan fingerprint density at radius 1 is 1.50 bits per heavy atom. The molecule has 2 atom stereocenters. The van der Waals surface area contributed by atoms with Gasteiger partial charge in [0.25, 0.3) is 5.91 Å². The Morgan fingerprint density at radius 3 is 3.06 bits per heavy atom. The Morgan fingerprint density at radius 2 is 2.33 bits per heavy atom. The molecule has 1 fully saturated rings. The minimum atomic E-state index is 0.0473. The Bertz CT molecular complexity index is 486. The number of hydrogen-bond donors (Lipinski definition) is 1. The minimum Gasteiger partial charge on any atom is -0.497 e. The van der Waals surface area contributed by atoms with E-state index in [4.69, 9.17) is 4.74 Å². The van der Waals surface area contributed by atoms with Gasteiger partial charge in [-0.25, -0.2) is 0 Å². The molecule has 2 aliphatic rings. The number of hydrogen-bond acceptors (Lipinski definition) is 3. The summed E-state index contributed by atoms with van der Waals surface area (Å²) in [5, 5.41) is 9.63. The molecule has 0 bridgehead atoms. The number of benzene rings is 1. The first-order valence-corrected chi connectivity index (χ1v) is 6.36. The lowest BCUT2D eigenvalue weighted by molar-refractivity contribution is 0.0652. The summed E-state index contributed by atoms with van der Waals surface area (Å²) < 4.78 is 5.18. The molecule has 1 N–H and O–H groups in total. The van der Waals surface area contributed by atoms with E-state index in [0.717, 1.165) is 24.9 Å². The van der Waals surface area contributed by atoms with Gasteiger partial charge in [-0.3, -0.25) is 4.79 Å². The lowest BCUT2D eigenvalue weighted by Gasteiger charge is -2.37. The second kappa shape index (κ2) is 4.28. The normalized spacial score (nSPS) is 25.9. The summed E-state index contributed by atoms with van der Waals surface area (Å²) in [5.41, 5.74) is 1.65. The third-order valence-corrected chi connectivity index (χ3v) is 4.11. The van der Waals surface area contributed by atoms with E-state index in [0.29, 0.717) is 11.3 Å². The van der Waals surface area contributed by atoms with Gasteiger partial charge < -0.3 is 14.7 Å². The van der Waals surface area contributed by atoms with Crippen LogP contribution in [0.5, 0.6) is 5.75 Å². The summed E-state index contributed by atoms with van der Waals surface area (Å²) in [5.74, 6) is 0.818. The van der Waals surface area contributed by atoms with Crippen molar-refractivity contribution in [3.05, 3.63) is 29.3 Å². The van der Waals surface area contributed by atoms with E-state index in [9.17, 15) is 9.90 Å². The first-order valence-electron chi connectivity index (χ1n) is 6.36. The van der Waals surface area contributed by atoms with Crippen LogP contribution in [0.25, 0.3) is 0 Å². The zero-order valence-corrected chi connectivity index (χ0v) is 10.4. The van der Waals surface area contributed by atoms with Gasteiger partial charge in [0.1, 0.15) is 5.75 Å². The molecule has 1 saturated heterocycles. The number of methoxy groups -OCH3 is 1. The number of aliphatic hydroxyl groups excluding tert-OH is 1. The number of carbonyl (C=O) groups excluding carboxylic acids is 1. The summed E-state index contributed by atoms with van der Waals surface area (Å²) >= 11 is 0. The molecule has 4 nitrogen and oxygen atoms in total. The standard InChI is InChI=1S/C14H17NO3/c1-18-9-4-5-10-11(7-9)14(17)15-6-2-3-13(15)12(10)8-16/h4-5,7,12-13,16H,2-3,6,8H2,1H3/t12-,13+/m1/s1. The monoisotopic (exact) mass is 247 g/mol. The van der Waals surface area contributed by atoms with Crippen molar-refractivity contribution < 1.29 is 14.6 Å². The van der Waals surface area contributed by atoms with Crippen LogP contribution >= 0.6 is 0 Å². The summed E-state index contributed by atoms with van der Waals surface area (Å²) in [6, 6.07) is 5.74. The minimum absolute atomic E-state index is 0.0473. The largest absolute Gasteiger partial charge is 0.497 e. The van der Waals surface area contributed by atoms with Crippen LogP contribution in [-0.4, -0.2) is 42.2 Å². The third-order valence-electron chi connectivity index (χ3n) is 4.11. The number of carbonyl (C=O) groups is 1. The van der Waals surface area contributed by atoms with Gasteiger partial charge in [-0.2, -0.15) is 0 Å². The highest BCUT2D eigenvalue weighted by Gasteiger charge is 2.41. The van der Waals surface area contributed by atoms with Crippen LogP contribution in [0.2, 0.25) is 0 Å². The maximum Gasteiger partial charge on any atom is 0.254 e. The van der Waals surface area contributed by atoms with Crippen molar-refractivity contribution in [1.82, 2.24) is 4.90 Å². The molecule has 1 aromatic carbocycles. The number of ether oxygens (including phenoxy) is 1. The average Bonchev–Trinajstić information content (AvgIpc) is 2.88. The number of fused-ring (bicyclic) bond motifs is 2. The van der Waals surface area contributed by atoms with Crippen molar-refractivity contribution in [2.75, 3.05) is 20.3 Å².